The number of carbonyl (C=O) groups excluding carboxylic acids is 2. The summed E-state index contributed by atoms with van der Waals surface area (Å²) in [6.07, 6.45) is 2.34. The Morgan fingerprint density at radius 3 is 2.40 bits per heavy atom. The van der Waals surface area contributed by atoms with Gasteiger partial charge in [-0.15, -0.1) is 0 Å². The summed E-state index contributed by atoms with van der Waals surface area (Å²) < 4.78 is 0. The molecule has 0 bridgehead atoms. The summed E-state index contributed by atoms with van der Waals surface area (Å²) in [7, 11) is 0. The minimum absolute atomic E-state index is 0.280. The number of pyridine rings is 1. The topological polar surface area (TPSA) is 59.1 Å². The van der Waals surface area contributed by atoms with Gasteiger partial charge in [-0.05, 0) is 42.0 Å². The van der Waals surface area contributed by atoms with Crippen molar-refractivity contribution in [1.82, 2.24) is 4.98 Å². The highest BCUT2D eigenvalue weighted by Crippen LogP contribution is 2.24. The lowest BCUT2D eigenvalue weighted by Gasteiger charge is -2.11. The van der Waals surface area contributed by atoms with Crippen molar-refractivity contribution in [1.29, 1.82) is 0 Å². The lowest BCUT2D eigenvalue weighted by atomic mass is 10.0. The molecule has 1 amide bonds. The van der Waals surface area contributed by atoms with Gasteiger partial charge in [0.2, 0.25) is 0 Å². The molecule has 0 spiro atoms. The standard InChI is InChI=1S/C21H15N2O2/c1-15(19-9-5-6-12-22-19)17-10-11-20(18(13-17)14-24)23-21(25)16-7-3-2-4-8-16/h1-14H,(H,23,25). The Hall–Kier alpha value is -3.53. The van der Waals surface area contributed by atoms with Crippen LogP contribution in [-0.2, 0) is 0 Å². The van der Waals surface area contributed by atoms with Gasteiger partial charge < -0.3 is 5.32 Å². The molecule has 4 heteroatoms. The monoisotopic (exact) mass is 327 g/mol. The highest BCUT2D eigenvalue weighted by molar-refractivity contribution is 6.06. The molecule has 0 unspecified atom stereocenters. The Labute approximate surface area is 145 Å². The average Bonchev–Trinajstić information content (AvgIpc) is 2.69. The van der Waals surface area contributed by atoms with Gasteiger partial charge in [0.15, 0.2) is 6.29 Å². The Bertz CT molecular complexity index is 919. The summed E-state index contributed by atoms with van der Waals surface area (Å²) in [4.78, 5) is 27.9. The third-order valence-electron chi connectivity index (χ3n) is 3.71. The van der Waals surface area contributed by atoms with Crippen LogP contribution in [0, 0.1) is 6.58 Å². The molecule has 0 atom stereocenters. The van der Waals surface area contributed by atoms with Gasteiger partial charge in [-0.3, -0.25) is 14.6 Å². The van der Waals surface area contributed by atoms with E-state index in [1.807, 2.05) is 12.1 Å². The van der Waals surface area contributed by atoms with Gasteiger partial charge in [0.1, 0.15) is 0 Å². The van der Waals surface area contributed by atoms with Crippen LogP contribution in [0.5, 0.6) is 0 Å². The third kappa shape index (κ3) is 3.70. The number of rotatable bonds is 5. The van der Waals surface area contributed by atoms with E-state index in [1.165, 1.54) is 0 Å². The quantitative estimate of drug-likeness (QED) is 0.720. The fraction of sp³-hybridized carbons (Fsp3) is 0. The number of benzene rings is 2. The van der Waals surface area contributed by atoms with Gasteiger partial charge in [0.05, 0.1) is 11.4 Å². The van der Waals surface area contributed by atoms with E-state index >= 15 is 0 Å². The van der Waals surface area contributed by atoms with E-state index in [2.05, 4.69) is 10.3 Å². The minimum atomic E-state index is -0.280. The maximum atomic E-state index is 12.3. The van der Waals surface area contributed by atoms with Gasteiger partial charge in [-0.25, -0.2) is 0 Å². The molecule has 0 aliphatic carbocycles. The van der Waals surface area contributed by atoms with Gasteiger partial charge in [-0.2, -0.15) is 0 Å². The molecular weight excluding hydrogens is 312 g/mol. The van der Waals surface area contributed by atoms with E-state index in [9.17, 15) is 9.59 Å². The van der Waals surface area contributed by atoms with Crippen molar-refractivity contribution in [2.45, 2.75) is 0 Å². The van der Waals surface area contributed by atoms with Crippen molar-refractivity contribution in [3.63, 3.8) is 0 Å². The molecule has 4 nitrogen and oxygen atoms in total. The highest BCUT2D eigenvalue weighted by Gasteiger charge is 2.11. The first-order valence-corrected chi connectivity index (χ1v) is 7.69. The van der Waals surface area contributed by atoms with E-state index in [0.717, 1.165) is 0 Å². The second-order valence-corrected chi connectivity index (χ2v) is 5.37. The van der Waals surface area contributed by atoms with Crippen LogP contribution in [0.4, 0.5) is 5.69 Å². The predicted octanol–water partition coefficient (Wildman–Crippen LogP) is 4.01. The van der Waals surface area contributed by atoms with Crippen LogP contribution in [0.25, 0.3) is 5.57 Å². The maximum absolute atomic E-state index is 12.3. The molecule has 0 saturated heterocycles. The molecular formula is C21H15N2O2. The molecule has 25 heavy (non-hydrogen) atoms. The van der Waals surface area contributed by atoms with Crippen molar-refractivity contribution < 1.29 is 9.59 Å². The molecule has 1 radical (unpaired) electrons. The molecule has 3 aromatic rings. The van der Waals surface area contributed by atoms with E-state index < -0.39 is 0 Å². The molecule has 0 aliphatic rings. The second kappa shape index (κ2) is 7.36. The number of carbonyl (C=O) groups is 2. The number of aromatic nitrogens is 1. The normalized spacial score (nSPS) is 10.1. The van der Waals surface area contributed by atoms with Crippen LogP contribution >= 0.6 is 0 Å². The number of nitrogens with one attached hydrogen (secondary N) is 1. The molecule has 1 heterocycles. The minimum Gasteiger partial charge on any atom is -0.321 e. The van der Waals surface area contributed by atoms with Crippen LogP contribution in [0.1, 0.15) is 32.0 Å². The summed E-state index contributed by atoms with van der Waals surface area (Å²) in [5.41, 5.74) is 3.05. The summed E-state index contributed by atoms with van der Waals surface area (Å²) in [6, 6.07) is 19.3. The molecule has 1 N–H and O–H groups in total. The summed E-state index contributed by atoms with van der Waals surface area (Å²) in [5.74, 6) is -0.280. The lowest BCUT2D eigenvalue weighted by molar-refractivity contribution is 0.102. The first-order valence-electron chi connectivity index (χ1n) is 7.69. The van der Waals surface area contributed by atoms with Crippen LogP contribution < -0.4 is 5.32 Å². The van der Waals surface area contributed by atoms with Gasteiger partial charge in [0, 0.05) is 22.9 Å². The molecule has 0 aliphatic heterocycles. The Kier molecular flexibility index (Phi) is 4.81. The van der Waals surface area contributed by atoms with Crippen molar-refractivity contribution in [3.05, 3.63) is 102 Å². The van der Waals surface area contributed by atoms with Gasteiger partial charge in [0.25, 0.3) is 5.91 Å². The molecule has 3 rings (SSSR count). The van der Waals surface area contributed by atoms with E-state index in [1.54, 1.807) is 60.8 Å². The van der Waals surface area contributed by atoms with E-state index in [0.29, 0.717) is 39.9 Å². The van der Waals surface area contributed by atoms with E-state index in [-0.39, 0.29) is 5.91 Å². The number of hydrogen-bond acceptors (Lipinski definition) is 3. The van der Waals surface area contributed by atoms with Crippen molar-refractivity contribution in [3.8, 4) is 0 Å². The van der Waals surface area contributed by atoms with Crippen LogP contribution in [-0.4, -0.2) is 17.2 Å². The zero-order valence-electron chi connectivity index (χ0n) is 13.3. The molecule has 1 aromatic heterocycles. The molecule has 2 aromatic carbocycles. The predicted molar refractivity (Wildman–Crippen MR) is 97.3 cm³/mol. The number of nitrogens with zero attached hydrogens (tertiary/aromatic N) is 1. The maximum Gasteiger partial charge on any atom is 0.255 e. The number of anilines is 1. The number of amides is 1. The number of aldehydes is 1. The molecule has 121 valence electrons. The largest absolute Gasteiger partial charge is 0.321 e. The van der Waals surface area contributed by atoms with Crippen LogP contribution in [0.2, 0.25) is 0 Å². The van der Waals surface area contributed by atoms with Crippen molar-refractivity contribution in [2.75, 3.05) is 5.32 Å². The third-order valence-corrected chi connectivity index (χ3v) is 3.71. The summed E-state index contributed by atoms with van der Waals surface area (Å²) in [5, 5.41) is 2.75. The summed E-state index contributed by atoms with van der Waals surface area (Å²) >= 11 is 0. The summed E-state index contributed by atoms with van der Waals surface area (Å²) in [6.45, 7) is 6.13. The zero-order valence-corrected chi connectivity index (χ0v) is 13.3. The Morgan fingerprint density at radius 1 is 0.960 bits per heavy atom. The highest BCUT2D eigenvalue weighted by atomic mass is 16.1. The zero-order chi connectivity index (χ0) is 17.6. The van der Waals surface area contributed by atoms with E-state index in [4.69, 9.17) is 6.58 Å². The molecule has 0 fully saturated rings. The fourth-order valence-electron chi connectivity index (χ4n) is 2.40. The van der Waals surface area contributed by atoms with Crippen molar-refractivity contribution >= 4 is 23.5 Å². The van der Waals surface area contributed by atoms with Gasteiger partial charge >= 0.3 is 0 Å². The Balaban J connectivity index is 1.86. The second-order valence-electron chi connectivity index (χ2n) is 5.37. The molecule has 0 saturated carbocycles. The SMILES string of the molecule is [CH]=C(c1ccc(NC(=O)c2ccccc2)c(C=O)c1)c1ccccn1. The first kappa shape index (κ1) is 16.3. The van der Waals surface area contributed by atoms with Gasteiger partial charge in [-0.1, -0.05) is 36.9 Å². The average molecular weight is 327 g/mol. The Morgan fingerprint density at radius 2 is 1.72 bits per heavy atom. The van der Waals surface area contributed by atoms with Crippen LogP contribution in [0.3, 0.4) is 0 Å². The number of hydrogen-bond donors (Lipinski definition) is 1. The first-order chi connectivity index (χ1) is 12.2. The van der Waals surface area contributed by atoms with Crippen LogP contribution in [0.15, 0.2) is 72.9 Å². The fourth-order valence-corrected chi connectivity index (χ4v) is 2.40. The lowest BCUT2D eigenvalue weighted by Crippen LogP contribution is -2.13. The smallest absolute Gasteiger partial charge is 0.255 e. The van der Waals surface area contributed by atoms with Crippen molar-refractivity contribution in [2.24, 2.45) is 0 Å².